The van der Waals surface area contributed by atoms with Crippen LogP contribution in [-0.2, 0) is 21.4 Å². The third-order valence-electron chi connectivity index (χ3n) is 5.06. The fourth-order valence-electron chi connectivity index (χ4n) is 3.28. The smallest absolute Gasteiger partial charge is 0.258 e. The van der Waals surface area contributed by atoms with E-state index in [0.29, 0.717) is 23.8 Å². The SMILES string of the molecule is C[C@H](NS(=O)(=O)c1ccc(OCC(=O)NCc2ccc3c(c2)OCO3)cc1)c1ccccc1. The molecule has 1 atom stereocenters. The number of nitrogens with one attached hydrogen (secondary N) is 2. The van der Waals surface area contributed by atoms with E-state index in [1.54, 1.807) is 13.0 Å². The van der Waals surface area contributed by atoms with Crippen molar-refractivity contribution in [2.45, 2.75) is 24.4 Å². The molecule has 1 aliphatic heterocycles. The monoisotopic (exact) mass is 468 g/mol. The zero-order valence-corrected chi connectivity index (χ0v) is 18.8. The molecule has 3 aromatic carbocycles. The first-order valence-electron chi connectivity index (χ1n) is 10.4. The molecule has 1 aliphatic rings. The average molecular weight is 469 g/mol. The predicted octanol–water partition coefficient (Wildman–Crippen LogP) is 3.15. The largest absolute Gasteiger partial charge is 0.484 e. The average Bonchev–Trinajstić information content (AvgIpc) is 3.30. The molecule has 2 N–H and O–H groups in total. The van der Waals surface area contributed by atoms with Gasteiger partial charge >= 0.3 is 0 Å². The van der Waals surface area contributed by atoms with Crippen molar-refractivity contribution in [3.05, 3.63) is 83.9 Å². The number of hydrogen-bond acceptors (Lipinski definition) is 6. The van der Waals surface area contributed by atoms with E-state index in [1.165, 1.54) is 24.3 Å². The van der Waals surface area contributed by atoms with Crippen LogP contribution in [0.1, 0.15) is 24.1 Å². The minimum absolute atomic E-state index is 0.116. The second-order valence-electron chi connectivity index (χ2n) is 7.48. The van der Waals surface area contributed by atoms with Crippen LogP contribution in [0.4, 0.5) is 0 Å². The van der Waals surface area contributed by atoms with E-state index >= 15 is 0 Å². The summed E-state index contributed by atoms with van der Waals surface area (Å²) in [5.41, 5.74) is 1.74. The molecule has 3 aromatic rings. The Labute approximate surface area is 192 Å². The number of amides is 1. The number of carbonyl (C=O) groups excluding carboxylic acids is 1. The summed E-state index contributed by atoms with van der Waals surface area (Å²) in [4.78, 5) is 12.2. The van der Waals surface area contributed by atoms with Gasteiger partial charge in [0.2, 0.25) is 16.8 Å². The summed E-state index contributed by atoms with van der Waals surface area (Å²) < 4.78 is 44.0. The molecular formula is C24H24N2O6S. The normalized spacial score (nSPS) is 13.4. The fraction of sp³-hybridized carbons (Fsp3) is 0.208. The molecule has 0 fully saturated rings. The lowest BCUT2D eigenvalue weighted by atomic mass is 10.1. The van der Waals surface area contributed by atoms with Crippen molar-refractivity contribution in [3.8, 4) is 17.2 Å². The van der Waals surface area contributed by atoms with E-state index in [1.807, 2.05) is 42.5 Å². The molecule has 172 valence electrons. The fourth-order valence-corrected chi connectivity index (χ4v) is 4.51. The van der Waals surface area contributed by atoms with Crippen molar-refractivity contribution >= 4 is 15.9 Å². The zero-order valence-electron chi connectivity index (χ0n) is 18.0. The van der Waals surface area contributed by atoms with Gasteiger partial charge in [-0.1, -0.05) is 36.4 Å². The molecule has 0 unspecified atom stereocenters. The Bertz CT molecular complexity index is 1210. The molecule has 0 bridgehead atoms. The Morgan fingerprint density at radius 2 is 1.73 bits per heavy atom. The highest BCUT2D eigenvalue weighted by molar-refractivity contribution is 7.89. The number of ether oxygens (including phenoxy) is 3. The van der Waals surface area contributed by atoms with Crippen LogP contribution in [0.5, 0.6) is 17.2 Å². The van der Waals surface area contributed by atoms with Crippen LogP contribution < -0.4 is 24.2 Å². The Morgan fingerprint density at radius 1 is 1.00 bits per heavy atom. The summed E-state index contributed by atoms with van der Waals surface area (Å²) in [6.45, 7) is 2.11. The third-order valence-corrected chi connectivity index (χ3v) is 6.62. The number of rotatable bonds is 9. The summed E-state index contributed by atoms with van der Waals surface area (Å²) in [7, 11) is -3.70. The molecule has 4 rings (SSSR count). The van der Waals surface area contributed by atoms with Crippen LogP contribution in [0.15, 0.2) is 77.7 Å². The van der Waals surface area contributed by atoms with Crippen LogP contribution in [0.3, 0.4) is 0 Å². The maximum absolute atomic E-state index is 12.7. The number of sulfonamides is 1. The standard InChI is InChI=1S/C24H24N2O6S/c1-17(19-5-3-2-4-6-19)26-33(28,29)21-10-8-20(9-11-21)30-15-24(27)25-14-18-7-12-22-23(13-18)32-16-31-22/h2-13,17,26H,14-16H2,1H3,(H,25,27)/t17-/m0/s1. The molecule has 0 saturated heterocycles. The van der Waals surface area contributed by atoms with Gasteiger partial charge in [0, 0.05) is 12.6 Å². The van der Waals surface area contributed by atoms with Crippen molar-refractivity contribution < 1.29 is 27.4 Å². The maximum atomic E-state index is 12.7. The number of carbonyl (C=O) groups is 1. The van der Waals surface area contributed by atoms with Crippen LogP contribution in [0.2, 0.25) is 0 Å². The highest BCUT2D eigenvalue weighted by atomic mass is 32.2. The van der Waals surface area contributed by atoms with Gasteiger partial charge < -0.3 is 19.5 Å². The van der Waals surface area contributed by atoms with E-state index in [4.69, 9.17) is 14.2 Å². The summed E-state index contributed by atoms with van der Waals surface area (Å²) in [5, 5.41) is 2.77. The number of hydrogen-bond donors (Lipinski definition) is 2. The van der Waals surface area contributed by atoms with E-state index in [9.17, 15) is 13.2 Å². The Balaban J connectivity index is 1.27. The predicted molar refractivity (Wildman–Crippen MR) is 122 cm³/mol. The topological polar surface area (TPSA) is 103 Å². The van der Waals surface area contributed by atoms with Gasteiger partial charge in [0.25, 0.3) is 5.91 Å². The van der Waals surface area contributed by atoms with Gasteiger partial charge in [-0.3, -0.25) is 4.79 Å². The lowest BCUT2D eigenvalue weighted by Crippen LogP contribution is -2.28. The minimum Gasteiger partial charge on any atom is -0.484 e. The van der Waals surface area contributed by atoms with E-state index in [-0.39, 0.29) is 30.2 Å². The first-order valence-corrected chi connectivity index (χ1v) is 11.8. The van der Waals surface area contributed by atoms with Gasteiger partial charge in [-0.05, 0) is 54.4 Å². The first-order chi connectivity index (χ1) is 15.9. The molecule has 0 aromatic heterocycles. The van der Waals surface area contributed by atoms with Gasteiger partial charge in [0.05, 0.1) is 4.90 Å². The van der Waals surface area contributed by atoms with E-state index in [2.05, 4.69) is 10.0 Å². The lowest BCUT2D eigenvalue weighted by molar-refractivity contribution is -0.123. The van der Waals surface area contributed by atoms with E-state index in [0.717, 1.165) is 11.1 Å². The molecule has 9 heteroatoms. The summed E-state index contributed by atoms with van der Waals surface area (Å²) >= 11 is 0. The number of benzene rings is 3. The van der Waals surface area contributed by atoms with Gasteiger partial charge in [-0.25, -0.2) is 13.1 Å². The molecule has 1 amide bonds. The number of fused-ring (bicyclic) bond motifs is 1. The molecule has 0 aliphatic carbocycles. The molecule has 0 saturated carbocycles. The Hall–Kier alpha value is -3.56. The quantitative estimate of drug-likeness (QED) is 0.500. The molecule has 0 spiro atoms. The van der Waals surface area contributed by atoms with Crippen molar-refractivity contribution in [1.82, 2.24) is 10.0 Å². The lowest BCUT2D eigenvalue weighted by Gasteiger charge is -2.15. The van der Waals surface area contributed by atoms with Gasteiger partial charge in [0.15, 0.2) is 18.1 Å². The second kappa shape index (κ2) is 9.93. The highest BCUT2D eigenvalue weighted by Gasteiger charge is 2.18. The summed E-state index contributed by atoms with van der Waals surface area (Å²) in [6, 6.07) is 20.3. The van der Waals surface area contributed by atoms with Crippen LogP contribution >= 0.6 is 0 Å². The Morgan fingerprint density at radius 3 is 2.48 bits per heavy atom. The highest BCUT2D eigenvalue weighted by Crippen LogP contribution is 2.32. The summed E-state index contributed by atoms with van der Waals surface area (Å²) in [6.07, 6.45) is 0. The van der Waals surface area contributed by atoms with Crippen LogP contribution in [-0.4, -0.2) is 27.7 Å². The summed E-state index contributed by atoms with van der Waals surface area (Å²) in [5.74, 6) is 1.43. The van der Waals surface area contributed by atoms with Gasteiger partial charge in [-0.2, -0.15) is 0 Å². The van der Waals surface area contributed by atoms with E-state index < -0.39 is 10.0 Å². The van der Waals surface area contributed by atoms with Crippen molar-refractivity contribution in [2.75, 3.05) is 13.4 Å². The first kappa shape index (κ1) is 22.6. The maximum Gasteiger partial charge on any atom is 0.258 e. The molecule has 1 heterocycles. The minimum atomic E-state index is -3.70. The molecule has 33 heavy (non-hydrogen) atoms. The zero-order chi connectivity index (χ0) is 23.3. The van der Waals surface area contributed by atoms with Crippen molar-refractivity contribution in [2.24, 2.45) is 0 Å². The van der Waals surface area contributed by atoms with Gasteiger partial charge in [0.1, 0.15) is 5.75 Å². The molecule has 8 nitrogen and oxygen atoms in total. The van der Waals surface area contributed by atoms with Crippen molar-refractivity contribution in [1.29, 1.82) is 0 Å². The third kappa shape index (κ3) is 5.82. The molecule has 0 radical (unpaired) electrons. The van der Waals surface area contributed by atoms with Crippen LogP contribution in [0.25, 0.3) is 0 Å². The van der Waals surface area contributed by atoms with Gasteiger partial charge in [-0.15, -0.1) is 0 Å². The van der Waals surface area contributed by atoms with Crippen LogP contribution in [0, 0.1) is 0 Å². The molecular weight excluding hydrogens is 444 g/mol. The van der Waals surface area contributed by atoms with Crippen molar-refractivity contribution in [3.63, 3.8) is 0 Å². The Kier molecular flexibility index (Phi) is 6.81. The second-order valence-corrected chi connectivity index (χ2v) is 9.19.